The molecule has 2 atom stereocenters. The van der Waals surface area contributed by atoms with Gasteiger partial charge in [-0.05, 0) is 38.6 Å². The summed E-state index contributed by atoms with van der Waals surface area (Å²) in [6.45, 7) is 5.07. The minimum absolute atomic E-state index is 0.0849. The molecule has 2 aliphatic heterocycles. The lowest BCUT2D eigenvalue weighted by molar-refractivity contribution is -0.133. The van der Waals surface area contributed by atoms with E-state index in [1.807, 2.05) is 12.1 Å². The first kappa shape index (κ1) is 13.4. The van der Waals surface area contributed by atoms with Crippen molar-refractivity contribution >= 4 is 11.6 Å². The highest BCUT2D eigenvalue weighted by atomic mass is 16.2. The van der Waals surface area contributed by atoms with Gasteiger partial charge in [-0.2, -0.15) is 0 Å². The van der Waals surface area contributed by atoms with Crippen molar-refractivity contribution in [1.82, 2.24) is 9.80 Å². The van der Waals surface area contributed by atoms with Crippen molar-refractivity contribution in [3.63, 3.8) is 0 Å². The zero-order valence-electron chi connectivity index (χ0n) is 12.3. The zero-order valence-corrected chi connectivity index (χ0v) is 12.3. The van der Waals surface area contributed by atoms with Crippen LogP contribution in [0, 0.1) is 0 Å². The lowest BCUT2D eigenvalue weighted by Crippen LogP contribution is -2.48. The number of fused-ring (bicyclic) bond motifs is 1. The Hall–Kier alpha value is -1.55. The second-order valence-electron chi connectivity index (χ2n) is 6.05. The molecule has 1 N–H and O–H groups in total. The number of carbonyl (C=O) groups is 1. The predicted octanol–water partition coefficient (Wildman–Crippen LogP) is 1.58. The van der Waals surface area contributed by atoms with E-state index in [0.717, 1.165) is 38.2 Å². The maximum absolute atomic E-state index is 12.8. The maximum atomic E-state index is 12.8. The van der Waals surface area contributed by atoms with E-state index in [0.29, 0.717) is 6.04 Å². The topological polar surface area (TPSA) is 35.6 Å². The lowest BCUT2D eigenvalue weighted by Gasteiger charge is -2.30. The van der Waals surface area contributed by atoms with E-state index in [9.17, 15) is 4.79 Å². The van der Waals surface area contributed by atoms with E-state index < -0.39 is 0 Å². The Balaban J connectivity index is 1.71. The summed E-state index contributed by atoms with van der Waals surface area (Å²) in [5, 5.41) is 3.38. The minimum Gasteiger partial charge on any atom is -0.373 e. The van der Waals surface area contributed by atoms with Gasteiger partial charge in [-0.25, -0.2) is 0 Å². The molecule has 0 radical (unpaired) electrons. The first-order valence-electron chi connectivity index (χ1n) is 7.48. The van der Waals surface area contributed by atoms with Crippen LogP contribution in [-0.4, -0.2) is 54.5 Å². The number of nitrogens with zero attached hydrogens (tertiary/aromatic N) is 2. The fourth-order valence-electron chi connectivity index (χ4n) is 3.35. The lowest BCUT2D eigenvalue weighted by atomic mass is 10.1. The molecular weight excluding hydrogens is 250 g/mol. The highest BCUT2D eigenvalue weighted by molar-refractivity contribution is 5.87. The molecule has 1 aromatic rings. The fraction of sp³-hybridized carbons (Fsp3) is 0.562. The van der Waals surface area contributed by atoms with Crippen LogP contribution in [0.4, 0.5) is 5.69 Å². The quantitative estimate of drug-likeness (QED) is 0.844. The molecule has 0 aromatic heterocycles. The number of benzene rings is 1. The molecular formula is C16H23N3O. The SMILES string of the molecule is CC1CN(C)CCCN1C(=O)[C@@H]1Cc2ccccc2N1. The third kappa shape index (κ3) is 2.52. The van der Waals surface area contributed by atoms with Gasteiger partial charge in [0.1, 0.15) is 6.04 Å². The average Bonchev–Trinajstić information content (AvgIpc) is 2.79. The number of nitrogens with one attached hydrogen (secondary N) is 1. The van der Waals surface area contributed by atoms with Crippen molar-refractivity contribution in [3.8, 4) is 0 Å². The number of rotatable bonds is 1. The molecule has 1 amide bonds. The van der Waals surface area contributed by atoms with Crippen LogP contribution in [0.15, 0.2) is 24.3 Å². The van der Waals surface area contributed by atoms with Crippen LogP contribution in [0.1, 0.15) is 18.9 Å². The summed E-state index contributed by atoms with van der Waals surface area (Å²) in [6.07, 6.45) is 1.88. The number of anilines is 1. The van der Waals surface area contributed by atoms with Gasteiger partial charge in [-0.1, -0.05) is 18.2 Å². The van der Waals surface area contributed by atoms with Crippen molar-refractivity contribution in [1.29, 1.82) is 0 Å². The number of hydrogen-bond donors (Lipinski definition) is 1. The van der Waals surface area contributed by atoms with Gasteiger partial charge in [-0.3, -0.25) is 4.79 Å². The van der Waals surface area contributed by atoms with Gasteiger partial charge in [0.05, 0.1) is 0 Å². The van der Waals surface area contributed by atoms with Gasteiger partial charge in [0.25, 0.3) is 0 Å². The standard InChI is InChI=1S/C16H23N3O/c1-12-11-18(2)8-5-9-19(12)16(20)15-10-13-6-3-4-7-14(13)17-15/h3-4,6-7,12,15,17H,5,8-11H2,1-2H3/t12?,15-/m0/s1. The van der Waals surface area contributed by atoms with E-state index in [1.165, 1.54) is 5.56 Å². The van der Waals surface area contributed by atoms with E-state index in [2.05, 4.69) is 41.2 Å². The van der Waals surface area contributed by atoms with Gasteiger partial charge in [0.2, 0.25) is 5.91 Å². The molecule has 3 rings (SSSR count). The third-order valence-electron chi connectivity index (χ3n) is 4.40. The van der Waals surface area contributed by atoms with Crippen LogP contribution >= 0.6 is 0 Å². The van der Waals surface area contributed by atoms with E-state index in [4.69, 9.17) is 0 Å². The van der Waals surface area contributed by atoms with Crippen molar-refractivity contribution in [2.75, 3.05) is 32.0 Å². The second-order valence-corrected chi connectivity index (χ2v) is 6.05. The molecule has 4 nitrogen and oxygen atoms in total. The van der Waals surface area contributed by atoms with Crippen LogP contribution in [0.25, 0.3) is 0 Å². The average molecular weight is 273 g/mol. The normalized spacial score (nSPS) is 26.8. The number of para-hydroxylation sites is 1. The summed E-state index contributed by atoms with van der Waals surface area (Å²) in [7, 11) is 2.13. The van der Waals surface area contributed by atoms with Gasteiger partial charge in [0.15, 0.2) is 0 Å². The molecule has 1 unspecified atom stereocenters. The Morgan fingerprint density at radius 2 is 2.10 bits per heavy atom. The molecule has 4 heteroatoms. The highest BCUT2D eigenvalue weighted by Crippen LogP contribution is 2.26. The van der Waals surface area contributed by atoms with Crippen LogP contribution in [0.5, 0.6) is 0 Å². The van der Waals surface area contributed by atoms with Gasteiger partial charge < -0.3 is 15.1 Å². The molecule has 1 aromatic carbocycles. The first-order valence-corrected chi connectivity index (χ1v) is 7.48. The third-order valence-corrected chi connectivity index (χ3v) is 4.40. The van der Waals surface area contributed by atoms with Crippen molar-refractivity contribution in [3.05, 3.63) is 29.8 Å². The summed E-state index contributed by atoms with van der Waals surface area (Å²) in [5.74, 6) is 0.254. The Morgan fingerprint density at radius 1 is 1.30 bits per heavy atom. The summed E-state index contributed by atoms with van der Waals surface area (Å²) in [6, 6.07) is 8.43. The molecule has 0 spiro atoms. The minimum atomic E-state index is -0.0849. The molecule has 2 aliphatic rings. The van der Waals surface area contributed by atoms with Crippen LogP contribution < -0.4 is 5.32 Å². The van der Waals surface area contributed by atoms with Crippen LogP contribution in [-0.2, 0) is 11.2 Å². The summed E-state index contributed by atoms with van der Waals surface area (Å²) < 4.78 is 0. The Labute approximate surface area is 120 Å². The first-order chi connectivity index (χ1) is 9.65. The van der Waals surface area contributed by atoms with Crippen molar-refractivity contribution < 1.29 is 4.79 Å². The van der Waals surface area contributed by atoms with Gasteiger partial charge >= 0.3 is 0 Å². The number of likely N-dealkylation sites (N-methyl/N-ethyl adjacent to an activating group) is 1. The predicted molar refractivity (Wildman–Crippen MR) is 80.8 cm³/mol. The molecule has 0 aliphatic carbocycles. The van der Waals surface area contributed by atoms with E-state index >= 15 is 0 Å². The van der Waals surface area contributed by atoms with Crippen molar-refractivity contribution in [2.24, 2.45) is 0 Å². The second kappa shape index (κ2) is 5.44. The largest absolute Gasteiger partial charge is 0.373 e. The number of hydrogen-bond acceptors (Lipinski definition) is 3. The van der Waals surface area contributed by atoms with Crippen LogP contribution in [0.2, 0.25) is 0 Å². The molecule has 0 bridgehead atoms. The Morgan fingerprint density at radius 3 is 2.90 bits per heavy atom. The molecule has 20 heavy (non-hydrogen) atoms. The van der Waals surface area contributed by atoms with Gasteiger partial charge in [-0.15, -0.1) is 0 Å². The highest BCUT2D eigenvalue weighted by Gasteiger charge is 2.33. The molecule has 1 saturated heterocycles. The summed E-state index contributed by atoms with van der Waals surface area (Å²) in [5.41, 5.74) is 2.37. The maximum Gasteiger partial charge on any atom is 0.245 e. The Bertz CT molecular complexity index is 477. The van der Waals surface area contributed by atoms with Gasteiger partial charge in [0, 0.05) is 31.2 Å². The monoisotopic (exact) mass is 273 g/mol. The Kier molecular flexibility index (Phi) is 3.66. The number of carbonyl (C=O) groups excluding carboxylic acids is 1. The zero-order chi connectivity index (χ0) is 14.1. The molecule has 0 saturated carbocycles. The smallest absolute Gasteiger partial charge is 0.245 e. The summed E-state index contributed by atoms with van der Waals surface area (Å²) >= 11 is 0. The van der Waals surface area contributed by atoms with E-state index in [-0.39, 0.29) is 11.9 Å². The molecule has 108 valence electrons. The number of amides is 1. The molecule has 1 fully saturated rings. The van der Waals surface area contributed by atoms with Crippen LogP contribution in [0.3, 0.4) is 0 Å². The fourth-order valence-corrected chi connectivity index (χ4v) is 3.35. The van der Waals surface area contributed by atoms with E-state index in [1.54, 1.807) is 0 Å². The van der Waals surface area contributed by atoms with Crippen molar-refractivity contribution in [2.45, 2.75) is 31.8 Å². The molecule has 2 heterocycles. The summed E-state index contributed by atoms with van der Waals surface area (Å²) in [4.78, 5) is 17.2.